The molecule has 1 amide bonds. The van der Waals surface area contributed by atoms with Crippen LogP contribution in [-0.4, -0.2) is 44.0 Å². The van der Waals surface area contributed by atoms with Crippen LogP contribution in [0.5, 0.6) is 0 Å². The molecule has 1 aliphatic heterocycles. The van der Waals surface area contributed by atoms with Crippen molar-refractivity contribution in [3.63, 3.8) is 0 Å². The molecule has 0 saturated carbocycles. The third-order valence-corrected chi connectivity index (χ3v) is 5.23. The molecule has 2 aromatic rings. The summed E-state index contributed by atoms with van der Waals surface area (Å²) in [6.45, 7) is 4.21. The Labute approximate surface area is 162 Å². The quantitative estimate of drug-likeness (QED) is 0.771. The van der Waals surface area contributed by atoms with Gasteiger partial charge < -0.3 is 15.5 Å². The van der Waals surface area contributed by atoms with Crippen LogP contribution in [0.4, 0.5) is 5.69 Å². The van der Waals surface area contributed by atoms with E-state index in [9.17, 15) is 4.79 Å². The van der Waals surface area contributed by atoms with E-state index >= 15 is 0 Å². The van der Waals surface area contributed by atoms with E-state index in [0.717, 1.165) is 48.6 Å². The predicted octanol–water partition coefficient (Wildman–Crippen LogP) is 3.91. The third-order valence-electron chi connectivity index (χ3n) is 5.23. The van der Waals surface area contributed by atoms with Gasteiger partial charge in [-0.2, -0.15) is 0 Å². The number of hydrogen-bond acceptors (Lipinski definition) is 3. The first-order chi connectivity index (χ1) is 12.3. The Morgan fingerprint density at radius 3 is 2.62 bits per heavy atom. The molecule has 5 heteroatoms. The average molecular weight is 376 g/mol. The molecule has 0 radical (unpaired) electrons. The summed E-state index contributed by atoms with van der Waals surface area (Å²) in [5.41, 5.74) is 0.911. The topological polar surface area (TPSA) is 44.4 Å². The van der Waals surface area contributed by atoms with E-state index in [4.69, 9.17) is 0 Å². The van der Waals surface area contributed by atoms with E-state index in [1.807, 2.05) is 31.3 Å². The molecule has 3 rings (SSSR count). The summed E-state index contributed by atoms with van der Waals surface area (Å²) in [6, 6.07) is 14.2. The molecule has 4 nitrogen and oxygen atoms in total. The molecule has 0 spiro atoms. The molecule has 0 aliphatic carbocycles. The van der Waals surface area contributed by atoms with Gasteiger partial charge in [0.25, 0.3) is 0 Å². The number of carbonyl (C=O) groups is 1. The lowest BCUT2D eigenvalue weighted by molar-refractivity contribution is -0.116. The number of benzene rings is 2. The van der Waals surface area contributed by atoms with Crippen molar-refractivity contribution in [2.24, 2.45) is 5.92 Å². The van der Waals surface area contributed by atoms with E-state index in [2.05, 4.69) is 33.7 Å². The molecule has 0 bridgehead atoms. The van der Waals surface area contributed by atoms with Crippen molar-refractivity contribution in [2.45, 2.75) is 25.7 Å². The lowest BCUT2D eigenvalue weighted by atomic mass is 9.93. The van der Waals surface area contributed by atoms with Crippen molar-refractivity contribution in [3.8, 4) is 0 Å². The first kappa shape index (κ1) is 20.7. The molecule has 0 unspecified atom stereocenters. The van der Waals surface area contributed by atoms with Crippen molar-refractivity contribution >= 4 is 34.8 Å². The Balaban J connectivity index is 0.00000243. The first-order valence-electron chi connectivity index (χ1n) is 9.41. The fraction of sp³-hybridized carbons (Fsp3) is 0.476. The minimum absolute atomic E-state index is 0. The highest BCUT2D eigenvalue weighted by Crippen LogP contribution is 2.23. The number of nitrogens with one attached hydrogen (secondary N) is 2. The van der Waals surface area contributed by atoms with Crippen molar-refractivity contribution in [1.82, 2.24) is 10.2 Å². The Bertz CT molecular complexity index is 693. The van der Waals surface area contributed by atoms with Gasteiger partial charge in [0, 0.05) is 24.0 Å². The monoisotopic (exact) mass is 375 g/mol. The second kappa shape index (κ2) is 10.5. The van der Waals surface area contributed by atoms with Gasteiger partial charge in [0.1, 0.15) is 0 Å². The lowest BCUT2D eigenvalue weighted by Crippen LogP contribution is -2.36. The highest BCUT2D eigenvalue weighted by molar-refractivity contribution is 6.02. The number of halogens is 1. The maximum absolute atomic E-state index is 12.4. The van der Waals surface area contributed by atoms with Crippen LogP contribution < -0.4 is 10.6 Å². The Kier molecular flexibility index (Phi) is 8.36. The summed E-state index contributed by atoms with van der Waals surface area (Å²) in [7, 11) is 2.02. The van der Waals surface area contributed by atoms with Gasteiger partial charge in [0.05, 0.1) is 0 Å². The van der Waals surface area contributed by atoms with Gasteiger partial charge >= 0.3 is 0 Å². The zero-order valence-electron chi connectivity index (χ0n) is 15.5. The minimum atomic E-state index is 0. The molecule has 0 atom stereocenters. The lowest BCUT2D eigenvalue weighted by Gasteiger charge is -2.31. The number of likely N-dealkylation sites (tertiary alicyclic amines) is 1. The summed E-state index contributed by atoms with van der Waals surface area (Å²) in [5.74, 6) is 0.946. The number of carbonyl (C=O) groups excluding carboxylic acids is 1. The first-order valence-corrected chi connectivity index (χ1v) is 9.41. The van der Waals surface area contributed by atoms with Gasteiger partial charge in [0.2, 0.25) is 5.91 Å². The van der Waals surface area contributed by atoms with E-state index in [-0.39, 0.29) is 18.3 Å². The van der Waals surface area contributed by atoms with E-state index < -0.39 is 0 Å². The Hall–Kier alpha value is -1.62. The second-order valence-corrected chi connectivity index (χ2v) is 7.00. The number of nitrogens with zero attached hydrogens (tertiary/aromatic N) is 1. The van der Waals surface area contributed by atoms with Crippen LogP contribution in [0.2, 0.25) is 0 Å². The smallest absolute Gasteiger partial charge is 0.225 e. The number of piperidine rings is 1. The zero-order chi connectivity index (χ0) is 17.5. The molecular formula is C21H30ClN3O. The van der Waals surface area contributed by atoms with Crippen molar-refractivity contribution in [2.75, 3.05) is 38.5 Å². The van der Waals surface area contributed by atoms with Gasteiger partial charge in [-0.1, -0.05) is 36.4 Å². The average Bonchev–Trinajstić information content (AvgIpc) is 2.66. The van der Waals surface area contributed by atoms with Crippen molar-refractivity contribution < 1.29 is 4.79 Å². The van der Waals surface area contributed by atoms with E-state index in [1.54, 1.807) is 0 Å². The zero-order valence-corrected chi connectivity index (χ0v) is 16.4. The molecule has 1 aliphatic rings. The van der Waals surface area contributed by atoms with Crippen LogP contribution >= 0.6 is 12.4 Å². The van der Waals surface area contributed by atoms with Crippen molar-refractivity contribution in [1.29, 1.82) is 0 Å². The molecule has 2 N–H and O–H groups in total. The molecule has 1 heterocycles. The number of fused-ring (bicyclic) bond motifs is 1. The summed E-state index contributed by atoms with van der Waals surface area (Å²) in [6.07, 6.45) is 4.34. The fourth-order valence-electron chi connectivity index (χ4n) is 3.65. The highest BCUT2D eigenvalue weighted by atomic mass is 35.5. The molecule has 2 aromatic carbocycles. The third kappa shape index (κ3) is 5.70. The standard InChI is InChI=1S/C21H29N3O.ClH/c1-22-13-9-17-10-14-24(15-11-17)16-12-21(25)23-20-8-4-6-18-5-2-3-7-19(18)20;/h2-8,17,22H,9-16H2,1H3,(H,23,25);1H. The largest absolute Gasteiger partial charge is 0.325 e. The predicted molar refractivity (Wildman–Crippen MR) is 112 cm³/mol. The molecular weight excluding hydrogens is 346 g/mol. The van der Waals surface area contributed by atoms with Crippen LogP contribution in [0.1, 0.15) is 25.7 Å². The minimum Gasteiger partial charge on any atom is -0.325 e. The SMILES string of the molecule is CNCCC1CCN(CCC(=O)Nc2cccc3ccccc23)CC1.Cl. The Morgan fingerprint density at radius 2 is 1.85 bits per heavy atom. The number of rotatable bonds is 7. The second-order valence-electron chi connectivity index (χ2n) is 7.00. The van der Waals surface area contributed by atoms with Crippen LogP contribution in [0.3, 0.4) is 0 Å². The number of hydrogen-bond donors (Lipinski definition) is 2. The Morgan fingerprint density at radius 1 is 1.12 bits per heavy atom. The molecule has 142 valence electrons. The fourth-order valence-corrected chi connectivity index (χ4v) is 3.65. The van der Waals surface area contributed by atoms with Crippen LogP contribution in [0.25, 0.3) is 10.8 Å². The van der Waals surface area contributed by atoms with Gasteiger partial charge in [-0.15, -0.1) is 12.4 Å². The molecule has 0 aromatic heterocycles. The molecule has 1 fully saturated rings. The van der Waals surface area contributed by atoms with Crippen LogP contribution in [0, 0.1) is 5.92 Å². The number of amides is 1. The summed E-state index contributed by atoms with van der Waals surface area (Å²) < 4.78 is 0. The summed E-state index contributed by atoms with van der Waals surface area (Å²) in [5, 5.41) is 8.58. The van der Waals surface area contributed by atoms with Gasteiger partial charge in [0.15, 0.2) is 0 Å². The van der Waals surface area contributed by atoms with Crippen molar-refractivity contribution in [3.05, 3.63) is 42.5 Å². The molecule has 26 heavy (non-hydrogen) atoms. The number of anilines is 1. The maximum Gasteiger partial charge on any atom is 0.225 e. The van der Waals surface area contributed by atoms with Crippen LogP contribution in [-0.2, 0) is 4.79 Å². The highest BCUT2D eigenvalue weighted by Gasteiger charge is 2.19. The van der Waals surface area contributed by atoms with E-state index in [0.29, 0.717) is 6.42 Å². The summed E-state index contributed by atoms with van der Waals surface area (Å²) >= 11 is 0. The van der Waals surface area contributed by atoms with E-state index in [1.165, 1.54) is 19.3 Å². The normalized spacial score (nSPS) is 15.6. The van der Waals surface area contributed by atoms with Gasteiger partial charge in [-0.05, 0) is 63.3 Å². The van der Waals surface area contributed by atoms with Gasteiger partial charge in [-0.3, -0.25) is 4.79 Å². The maximum atomic E-state index is 12.4. The van der Waals surface area contributed by atoms with Crippen LogP contribution in [0.15, 0.2) is 42.5 Å². The summed E-state index contributed by atoms with van der Waals surface area (Å²) in [4.78, 5) is 14.8. The van der Waals surface area contributed by atoms with Gasteiger partial charge in [-0.25, -0.2) is 0 Å². The molecule has 1 saturated heterocycles.